The van der Waals surface area contributed by atoms with Crippen LogP contribution in [-0.2, 0) is 16.9 Å². The van der Waals surface area contributed by atoms with E-state index >= 15 is 0 Å². The van der Waals surface area contributed by atoms with Crippen LogP contribution in [0.3, 0.4) is 0 Å². The Hall–Kier alpha value is -0.570. The van der Waals surface area contributed by atoms with Crippen molar-refractivity contribution in [3.8, 4) is 0 Å². The fourth-order valence-electron chi connectivity index (χ4n) is 3.38. The second-order valence-corrected chi connectivity index (χ2v) is 5.63. The van der Waals surface area contributed by atoms with Crippen LogP contribution in [0.25, 0.3) is 0 Å². The van der Waals surface area contributed by atoms with Gasteiger partial charge in [0.05, 0.1) is 12.2 Å². The van der Waals surface area contributed by atoms with Crippen LogP contribution in [0, 0.1) is 0 Å². The molecule has 1 aromatic carbocycles. The lowest BCUT2D eigenvalue weighted by molar-refractivity contribution is -0.0744. The number of hydrogen-bond donors (Lipinski definition) is 0. The molecule has 1 fully saturated rings. The van der Waals surface area contributed by atoms with Crippen LogP contribution in [-0.4, -0.2) is 25.0 Å². The molecule has 1 heterocycles. The Morgan fingerprint density at radius 1 is 1.17 bits per heavy atom. The van der Waals surface area contributed by atoms with E-state index in [1.165, 1.54) is 36.8 Å². The van der Waals surface area contributed by atoms with Crippen molar-refractivity contribution < 1.29 is 4.74 Å². The smallest absolute Gasteiger partial charge is 0.0940 e. The highest BCUT2D eigenvalue weighted by atomic mass is 35.5. The molecule has 0 unspecified atom stereocenters. The molecule has 0 bridgehead atoms. The largest absolute Gasteiger partial charge is 0.366 e. The third kappa shape index (κ3) is 2.18. The Balaban J connectivity index is 0.00000120. The van der Waals surface area contributed by atoms with Gasteiger partial charge in [0, 0.05) is 6.04 Å². The molecule has 0 amide bonds. The molecule has 0 aromatic heterocycles. The highest BCUT2D eigenvalue weighted by Crippen LogP contribution is 2.47. The molecule has 100 valence electrons. The Kier molecular flexibility index (Phi) is 4.00. The SMILES string of the molecule is CN(C)C1CCC2(CC1)OCc1ccccc12.Cl. The minimum atomic E-state index is 0. The zero-order valence-electron chi connectivity index (χ0n) is 11.2. The monoisotopic (exact) mass is 267 g/mol. The highest BCUT2D eigenvalue weighted by molar-refractivity contribution is 5.85. The Bertz CT molecular complexity index is 411. The first-order valence-corrected chi connectivity index (χ1v) is 6.60. The second kappa shape index (κ2) is 5.20. The number of fused-ring (bicyclic) bond motifs is 2. The van der Waals surface area contributed by atoms with Gasteiger partial charge in [-0.2, -0.15) is 0 Å². The van der Waals surface area contributed by atoms with Crippen LogP contribution in [0.5, 0.6) is 0 Å². The van der Waals surface area contributed by atoms with Gasteiger partial charge in [0.2, 0.25) is 0 Å². The summed E-state index contributed by atoms with van der Waals surface area (Å²) in [5.41, 5.74) is 2.90. The van der Waals surface area contributed by atoms with Gasteiger partial charge in [0.15, 0.2) is 0 Å². The molecule has 0 atom stereocenters. The lowest BCUT2D eigenvalue weighted by Crippen LogP contribution is -2.39. The van der Waals surface area contributed by atoms with Gasteiger partial charge in [-0.05, 0) is 50.9 Å². The minimum absolute atomic E-state index is 0. The van der Waals surface area contributed by atoms with Crippen LogP contribution < -0.4 is 0 Å². The van der Waals surface area contributed by atoms with E-state index in [0.29, 0.717) is 0 Å². The van der Waals surface area contributed by atoms with Gasteiger partial charge in [-0.3, -0.25) is 0 Å². The predicted molar refractivity (Wildman–Crippen MR) is 76.1 cm³/mol. The molecule has 2 aliphatic rings. The maximum Gasteiger partial charge on any atom is 0.0940 e. The molecule has 3 rings (SSSR count). The predicted octanol–water partition coefficient (Wildman–Crippen LogP) is 3.34. The molecule has 1 aromatic rings. The second-order valence-electron chi connectivity index (χ2n) is 5.63. The molecule has 0 radical (unpaired) electrons. The van der Waals surface area contributed by atoms with Gasteiger partial charge in [-0.1, -0.05) is 24.3 Å². The number of hydrogen-bond acceptors (Lipinski definition) is 2. The Morgan fingerprint density at radius 2 is 1.83 bits per heavy atom. The highest BCUT2D eigenvalue weighted by Gasteiger charge is 2.42. The van der Waals surface area contributed by atoms with Gasteiger partial charge in [0.1, 0.15) is 0 Å². The summed E-state index contributed by atoms with van der Waals surface area (Å²) in [7, 11) is 4.37. The van der Waals surface area contributed by atoms with Crippen LogP contribution in [0.4, 0.5) is 0 Å². The first kappa shape index (κ1) is 13.9. The molecule has 1 saturated carbocycles. The van der Waals surface area contributed by atoms with E-state index in [1.54, 1.807) is 0 Å². The molecular formula is C15H22ClNO. The summed E-state index contributed by atoms with van der Waals surface area (Å²) in [6.45, 7) is 0.808. The third-order valence-corrected chi connectivity index (χ3v) is 4.51. The van der Waals surface area contributed by atoms with Crippen molar-refractivity contribution in [2.24, 2.45) is 0 Å². The fraction of sp³-hybridized carbons (Fsp3) is 0.600. The normalized spacial score (nSPS) is 30.3. The van der Waals surface area contributed by atoms with E-state index < -0.39 is 0 Å². The summed E-state index contributed by atoms with van der Waals surface area (Å²) >= 11 is 0. The lowest BCUT2D eigenvalue weighted by Gasteiger charge is -2.39. The molecule has 0 N–H and O–H groups in total. The van der Waals surface area contributed by atoms with Crippen molar-refractivity contribution in [3.63, 3.8) is 0 Å². The zero-order valence-corrected chi connectivity index (χ0v) is 12.0. The maximum atomic E-state index is 6.16. The van der Waals surface area contributed by atoms with E-state index in [1.807, 2.05) is 0 Å². The van der Waals surface area contributed by atoms with Crippen LogP contribution in [0.2, 0.25) is 0 Å². The summed E-state index contributed by atoms with van der Waals surface area (Å²) < 4.78 is 6.16. The summed E-state index contributed by atoms with van der Waals surface area (Å²) in [6, 6.07) is 9.47. The van der Waals surface area contributed by atoms with Crippen molar-refractivity contribution in [3.05, 3.63) is 35.4 Å². The fourth-order valence-corrected chi connectivity index (χ4v) is 3.38. The third-order valence-electron chi connectivity index (χ3n) is 4.51. The summed E-state index contributed by atoms with van der Waals surface area (Å²) in [6.07, 6.45) is 4.85. The van der Waals surface area contributed by atoms with Crippen molar-refractivity contribution in [2.45, 2.75) is 43.9 Å². The van der Waals surface area contributed by atoms with Crippen molar-refractivity contribution in [2.75, 3.05) is 14.1 Å². The molecule has 0 saturated heterocycles. The molecular weight excluding hydrogens is 246 g/mol. The van der Waals surface area contributed by atoms with Gasteiger partial charge < -0.3 is 9.64 Å². The first-order chi connectivity index (χ1) is 8.21. The molecule has 18 heavy (non-hydrogen) atoms. The van der Waals surface area contributed by atoms with E-state index in [4.69, 9.17) is 4.74 Å². The standard InChI is InChI=1S/C15H21NO.ClH/c1-16(2)13-7-9-15(10-8-13)14-6-4-3-5-12(14)11-17-15;/h3-6,13H,7-11H2,1-2H3;1H. The number of nitrogens with zero attached hydrogens (tertiary/aromatic N) is 1. The molecule has 2 nitrogen and oxygen atoms in total. The first-order valence-electron chi connectivity index (χ1n) is 6.60. The quantitative estimate of drug-likeness (QED) is 0.774. The summed E-state index contributed by atoms with van der Waals surface area (Å²) in [5.74, 6) is 0. The zero-order chi connectivity index (χ0) is 11.9. The number of halogens is 1. The van der Waals surface area contributed by atoms with E-state index in [-0.39, 0.29) is 18.0 Å². The molecule has 1 aliphatic carbocycles. The number of benzene rings is 1. The molecule has 3 heteroatoms. The number of ether oxygens (including phenoxy) is 1. The van der Waals surface area contributed by atoms with Crippen LogP contribution >= 0.6 is 12.4 Å². The Labute approximate surface area is 116 Å². The van der Waals surface area contributed by atoms with Crippen molar-refractivity contribution >= 4 is 12.4 Å². The van der Waals surface area contributed by atoms with Gasteiger partial charge >= 0.3 is 0 Å². The van der Waals surface area contributed by atoms with Gasteiger partial charge in [0.25, 0.3) is 0 Å². The average molecular weight is 268 g/mol. The number of rotatable bonds is 1. The average Bonchev–Trinajstić information content (AvgIpc) is 2.70. The lowest BCUT2D eigenvalue weighted by atomic mass is 9.77. The maximum absolute atomic E-state index is 6.16. The van der Waals surface area contributed by atoms with E-state index in [0.717, 1.165) is 12.6 Å². The van der Waals surface area contributed by atoms with E-state index in [9.17, 15) is 0 Å². The van der Waals surface area contributed by atoms with Gasteiger partial charge in [-0.25, -0.2) is 0 Å². The molecule has 1 spiro atoms. The molecule has 1 aliphatic heterocycles. The minimum Gasteiger partial charge on any atom is -0.366 e. The van der Waals surface area contributed by atoms with Gasteiger partial charge in [-0.15, -0.1) is 12.4 Å². The van der Waals surface area contributed by atoms with Crippen molar-refractivity contribution in [1.29, 1.82) is 0 Å². The summed E-state index contributed by atoms with van der Waals surface area (Å²) in [4.78, 5) is 2.35. The Morgan fingerprint density at radius 3 is 2.50 bits per heavy atom. The van der Waals surface area contributed by atoms with Crippen LogP contribution in [0.1, 0.15) is 36.8 Å². The van der Waals surface area contributed by atoms with Crippen molar-refractivity contribution in [1.82, 2.24) is 4.90 Å². The topological polar surface area (TPSA) is 12.5 Å². The summed E-state index contributed by atoms with van der Waals surface area (Å²) in [5, 5.41) is 0. The van der Waals surface area contributed by atoms with E-state index in [2.05, 4.69) is 43.3 Å². The van der Waals surface area contributed by atoms with Crippen LogP contribution in [0.15, 0.2) is 24.3 Å².